The monoisotopic (exact) mass is 578 g/mol. The minimum Gasteiger partial charge on any atom is -0.349 e. The van der Waals surface area contributed by atoms with Gasteiger partial charge in [-0.05, 0) is 31.7 Å². The minimum absolute atomic E-state index is 0.0765. The molecule has 2 atom stereocenters. The zero-order valence-corrected chi connectivity index (χ0v) is 23.2. The van der Waals surface area contributed by atoms with E-state index in [2.05, 4.69) is 66.0 Å². The summed E-state index contributed by atoms with van der Waals surface area (Å²) in [6, 6.07) is -0.579. The van der Waals surface area contributed by atoms with Crippen LogP contribution in [0.3, 0.4) is 0 Å². The van der Waals surface area contributed by atoms with Gasteiger partial charge in [0.05, 0.1) is 19.3 Å². The molecule has 0 aromatic rings. The zero-order chi connectivity index (χ0) is 24.2. The normalized spacial score (nSPS) is 25.5. The van der Waals surface area contributed by atoms with Crippen molar-refractivity contribution in [3.8, 4) is 0 Å². The molecule has 8 nitrogen and oxygen atoms in total. The van der Waals surface area contributed by atoms with Crippen LogP contribution in [0.25, 0.3) is 0 Å². The molecule has 2 amide bonds. The molecule has 0 saturated carbocycles. The van der Waals surface area contributed by atoms with Crippen LogP contribution < -0.4 is 5.32 Å². The first kappa shape index (κ1) is 27.1. The molecule has 0 bridgehead atoms. The van der Waals surface area contributed by atoms with Gasteiger partial charge in [0.15, 0.2) is 5.79 Å². The molecule has 0 aliphatic carbocycles. The molecule has 3 rings (SSSR count). The average molecular weight is 579 g/mol. The van der Waals surface area contributed by atoms with Gasteiger partial charge in [0.25, 0.3) is 0 Å². The van der Waals surface area contributed by atoms with Gasteiger partial charge >= 0.3 is 0 Å². The van der Waals surface area contributed by atoms with Gasteiger partial charge in [-0.1, -0.05) is 27.7 Å². The molecule has 3 aliphatic heterocycles. The lowest BCUT2D eigenvalue weighted by Gasteiger charge is -2.47. The number of nitrogens with one attached hydrogen (secondary N) is 1. The summed E-state index contributed by atoms with van der Waals surface area (Å²) in [7, 11) is 2.05. The Morgan fingerprint density at radius 3 is 2.33 bits per heavy atom. The summed E-state index contributed by atoms with van der Waals surface area (Å²) < 4.78 is 14.5. The smallest absolute Gasteiger partial charge is 0.245 e. The molecule has 33 heavy (non-hydrogen) atoms. The van der Waals surface area contributed by atoms with Crippen LogP contribution in [0.15, 0.2) is 0 Å². The van der Waals surface area contributed by atoms with Gasteiger partial charge in [-0.3, -0.25) is 12.7 Å². The fraction of sp³-hybridized carbons (Fsp3) is 0.917. The number of amides is 2. The maximum absolute atomic E-state index is 13.7. The van der Waals surface area contributed by atoms with Crippen molar-refractivity contribution in [2.45, 2.75) is 71.2 Å². The highest BCUT2D eigenvalue weighted by molar-refractivity contribution is 14.1. The second-order valence-electron chi connectivity index (χ2n) is 10.8. The van der Waals surface area contributed by atoms with Crippen molar-refractivity contribution in [3.05, 3.63) is 0 Å². The number of ether oxygens (including phenoxy) is 2. The van der Waals surface area contributed by atoms with Crippen molar-refractivity contribution in [2.24, 2.45) is 17.8 Å². The van der Waals surface area contributed by atoms with Crippen molar-refractivity contribution in [2.75, 3.05) is 53.0 Å². The number of piperidine rings is 1. The molecule has 190 valence electrons. The molecular weight excluding hydrogens is 535 g/mol. The van der Waals surface area contributed by atoms with E-state index < -0.39 is 5.79 Å². The van der Waals surface area contributed by atoms with Crippen molar-refractivity contribution in [1.29, 1.82) is 0 Å². The predicted octanol–water partition coefficient (Wildman–Crippen LogP) is 2.51. The van der Waals surface area contributed by atoms with Crippen molar-refractivity contribution >= 4 is 34.7 Å². The molecule has 1 spiro atoms. The SMILES string of the molecule is CC(C)C[C@@H]1NCCN([C@@H](CC(C)C)C(=O)N2CCC3(CC2)OCC(CN(C)I)CO3)C1=O. The molecule has 3 fully saturated rings. The number of hydrogen-bond acceptors (Lipinski definition) is 6. The summed E-state index contributed by atoms with van der Waals surface area (Å²) >= 11 is 2.29. The van der Waals surface area contributed by atoms with E-state index in [1.807, 2.05) is 9.80 Å². The van der Waals surface area contributed by atoms with Gasteiger partial charge < -0.3 is 24.6 Å². The Morgan fingerprint density at radius 1 is 1.15 bits per heavy atom. The molecule has 0 radical (unpaired) electrons. The number of likely N-dealkylation sites (tertiary alicyclic amines) is 1. The van der Waals surface area contributed by atoms with Gasteiger partial charge in [0.2, 0.25) is 11.8 Å². The molecule has 0 aromatic carbocycles. The summed E-state index contributed by atoms with van der Waals surface area (Å²) in [5.41, 5.74) is 0. The van der Waals surface area contributed by atoms with E-state index >= 15 is 0 Å². The maximum atomic E-state index is 13.7. The number of carbonyl (C=O) groups excluding carboxylic acids is 2. The Balaban J connectivity index is 1.61. The van der Waals surface area contributed by atoms with Crippen LogP contribution in [0.4, 0.5) is 0 Å². The lowest BCUT2D eigenvalue weighted by Crippen LogP contribution is -2.63. The number of hydrogen-bond donors (Lipinski definition) is 1. The number of halogens is 1. The third-order valence-electron chi connectivity index (χ3n) is 6.90. The summed E-state index contributed by atoms with van der Waals surface area (Å²) in [5.74, 6) is 0.739. The van der Waals surface area contributed by atoms with Crippen LogP contribution in [0, 0.1) is 17.8 Å². The predicted molar refractivity (Wildman–Crippen MR) is 137 cm³/mol. The summed E-state index contributed by atoms with van der Waals surface area (Å²) in [4.78, 5) is 30.7. The molecule has 0 unspecified atom stereocenters. The molecule has 3 aliphatic rings. The first-order valence-corrected chi connectivity index (χ1v) is 13.5. The second-order valence-corrected chi connectivity index (χ2v) is 12.5. The van der Waals surface area contributed by atoms with E-state index in [1.54, 1.807) is 0 Å². The van der Waals surface area contributed by atoms with Crippen LogP contribution in [0.5, 0.6) is 0 Å². The van der Waals surface area contributed by atoms with Crippen LogP contribution in [-0.4, -0.2) is 95.6 Å². The summed E-state index contributed by atoms with van der Waals surface area (Å²) in [5, 5.41) is 3.36. The van der Waals surface area contributed by atoms with E-state index in [4.69, 9.17) is 9.47 Å². The van der Waals surface area contributed by atoms with Crippen molar-refractivity contribution in [1.82, 2.24) is 18.2 Å². The van der Waals surface area contributed by atoms with E-state index in [9.17, 15) is 9.59 Å². The zero-order valence-electron chi connectivity index (χ0n) is 21.0. The van der Waals surface area contributed by atoms with Gasteiger partial charge in [0, 0.05) is 74.3 Å². The number of nitrogens with zero attached hydrogens (tertiary/aromatic N) is 3. The Hall–Kier alpha value is -0.490. The van der Waals surface area contributed by atoms with E-state index in [0.29, 0.717) is 69.9 Å². The standard InChI is InChI=1S/C24H43IN4O4/c1-17(2)12-20-22(30)29(11-8-26-20)21(13-18(3)4)23(31)28-9-6-24(7-10-28)32-15-19(16-33-24)14-27(5)25/h17-21,26H,6-16H2,1-5H3/t20-,21-/m0/s1. The third-order valence-corrected chi connectivity index (χ3v) is 7.29. The number of rotatable bonds is 8. The first-order chi connectivity index (χ1) is 15.6. The quantitative estimate of drug-likeness (QED) is 0.353. The van der Waals surface area contributed by atoms with Crippen LogP contribution in [0.2, 0.25) is 0 Å². The van der Waals surface area contributed by atoms with Crippen LogP contribution >= 0.6 is 22.9 Å². The molecule has 3 saturated heterocycles. The van der Waals surface area contributed by atoms with Gasteiger partial charge in [-0.2, -0.15) is 0 Å². The highest BCUT2D eigenvalue weighted by Gasteiger charge is 2.44. The fourth-order valence-electron chi connectivity index (χ4n) is 5.19. The van der Waals surface area contributed by atoms with Crippen LogP contribution in [-0.2, 0) is 19.1 Å². The number of piperazine rings is 1. The summed E-state index contributed by atoms with van der Waals surface area (Å²) in [6.07, 6.45) is 2.86. The lowest BCUT2D eigenvalue weighted by atomic mass is 9.95. The second kappa shape index (κ2) is 12.0. The molecule has 3 heterocycles. The lowest BCUT2D eigenvalue weighted by molar-refractivity contribution is -0.297. The number of carbonyl (C=O) groups is 2. The minimum atomic E-state index is -0.558. The topological polar surface area (TPSA) is 74.3 Å². The highest BCUT2D eigenvalue weighted by atomic mass is 127. The maximum Gasteiger partial charge on any atom is 0.245 e. The Morgan fingerprint density at radius 2 is 1.79 bits per heavy atom. The van der Waals surface area contributed by atoms with Gasteiger partial charge in [-0.15, -0.1) is 0 Å². The van der Waals surface area contributed by atoms with E-state index in [1.165, 1.54) is 0 Å². The third kappa shape index (κ3) is 7.25. The van der Waals surface area contributed by atoms with Crippen LogP contribution in [0.1, 0.15) is 53.4 Å². The Labute approximate surface area is 213 Å². The highest BCUT2D eigenvalue weighted by Crippen LogP contribution is 2.33. The summed E-state index contributed by atoms with van der Waals surface area (Å²) in [6.45, 7) is 13.4. The average Bonchev–Trinajstić information content (AvgIpc) is 2.75. The molecule has 9 heteroatoms. The largest absolute Gasteiger partial charge is 0.349 e. The fourth-order valence-corrected chi connectivity index (χ4v) is 5.74. The van der Waals surface area contributed by atoms with E-state index in [0.717, 1.165) is 19.5 Å². The Bertz CT molecular complexity index is 657. The molecule has 0 aromatic heterocycles. The van der Waals surface area contributed by atoms with Gasteiger partial charge in [-0.25, -0.2) is 0 Å². The first-order valence-electron chi connectivity index (χ1n) is 12.6. The van der Waals surface area contributed by atoms with Gasteiger partial charge in [0.1, 0.15) is 6.04 Å². The molecule has 1 N–H and O–H groups in total. The Kier molecular flexibility index (Phi) is 9.83. The van der Waals surface area contributed by atoms with Crippen molar-refractivity contribution in [3.63, 3.8) is 0 Å². The van der Waals surface area contributed by atoms with E-state index in [-0.39, 0.29) is 23.9 Å². The van der Waals surface area contributed by atoms with Crippen molar-refractivity contribution < 1.29 is 19.1 Å². The molecular formula is C24H43IN4O4.